The van der Waals surface area contributed by atoms with Crippen molar-refractivity contribution in [3.05, 3.63) is 30.1 Å². The second-order valence-corrected chi connectivity index (χ2v) is 7.33. The van der Waals surface area contributed by atoms with Crippen LogP contribution in [0.25, 0.3) is 0 Å². The lowest BCUT2D eigenvalue weighted by molar-refractivity contribution is -0.140. The van der Waals surface area contributed by atoms with Crippen LogP contribution in [0, 0.1) is 5.41 Å². The molecule has 2 fully saturated rings. The van der Waals surface area contributed by atoms with E-state index >= 15 is 0 Å². The lowest BCUT2D eigenvalue weighted by Crippen LogP contribution is -2.56. The highest BCUT2D eigenvalue weighted by Crippen LogP contribution is 2.39. The SMILES string of the molecule is COC(=O)CNC(=O)N1CCCC2(CCC(=O)N(Cc3ccccn3)C2)C1. The number of pyridine rings is 1. The normalized spacial score (nSPS) is 22.6. The van der Waals surface area contributed by atoms with E-state index in [1.807, 2.05) is 23.1 Å². The highest BCUT2D eigenvalue weighted by molar-refractivity contribution is 5.81. The maximum absolute atomic E-state index is 12.4. The minimum atomic E-state index is -0.472. The van der Waals surface area contributed by atoms with Gasteiger partial charge in [0, 0.05) is 37.7 Å². The Bertz CT molecular complexity index is 696. The number of methoxy groups -OCH3 is 1. The van der Waals surface area contributed by atoms with Gasteiger partial charge in [0.25, 0.3) is 0 Å². The van der Waals surface area contributed by atoms with Gasteiger partial charge >= 0.3 is 12.0 Å². The van der Waals surface area contributed by atoms with E-state index in [9.17, 15) is 14.4 Å². The summed E-state index contributed by atoms with van der Waals surface area (Å²) in [6.07, 6.45) is 4.88. The summed E-state index contributed by atoms with van der Waals surface area (Å²) in [4.78, 5) is 44.0. The third-order valence-electron chi connectivity index (χ3n) is 5.39. The Morgan fingerprint density at radius 1 is 1.30 bits per heavy atom. The van der Waals surface area contributed by atoms with Crippen molar-refractivity contribution in [3.63, 3.8) is 0 Å². The first-order valence-corrected chi connectivity index (χ1v) is 9.29. The molecule has 3 amide bonds. The summed E-state index contributed by atoms with van der Waals surface area (Å²) in [5, 5.41) is 2.61. The molecule has 1 aromatic rings. The number of aromatic nitrogens is 1. The predicted octanol–water partition coefficient (Wildman–Crippen LogP) is 1.17. The first-order chi connectivity index (χ1) is 13.0. The van der Waals surface area contributed by atoms with E-state index in [0.717, 1.165) is 25.0 Å². The molecule has 2 saturated heterocycles. The Labute approximate surface area is 158 Å². The van der Waals surface area contributed by atoms with Crippen LogP contribution in [0.5, 0.6) is 0 Å². The summed E-state index contributed by atoms with van der Waals surface area (Å²) in [6.45, 7) is 2.23. The van der Waals surface area contributed by atoms with Crippen LogP contribution in [0.3, 0.4) is 0 Å². The van der Waals surface area contributed by atoms with Crippen LogP contribution in [-0.4, -0.2) is 66.0 Å². The Hall–Kier alpha value is -2.64. The number of likely N-dealkylation sites (tertiary alicyclic amines) is 2. The molecule has 1 atom stereocenters. The molecular weight excluding hydrogens is 348 g/mol. The predicted molar refractivity (Wildman–Crippen MR) is 97.5 cm³/mol. The Kier molecular flexibility index (Phi) is 5.93. The quantitative estimate of drug-likeness (QED) is 0.799. The third-order valence-corrected chi connectivity index (χ3v) is 5.39. The molecule has 0 saturated carbocycles. The number of esters is 1. The molecule has 3 heterocycles. The molecule has 1 unspecified atom stereocenters. The average molecular weight is 374 g/mol. The molecule has 0 bridgehead atoms. The first kappa shape index (κ1) is 19.1. The van der Waals surface area contributed by atoms with Crippen LogP contribution in [0.1, 0.15) is 31.4 Å². The topological polar surface area (TPSA) is 91.8 Å². The number of nitrogens with zero attached hydrogens (tertiary/aromatic N) is 3. The molecule has 146 valence electrons. The number of carbonyl (C=O) groups excluding carboxylic acids is 3. The van der Waals surface area contributed by atoms with Gasteiger partial charge < -0.3 is 19.9 Å². The number of carbonyl (C=O) groups is 3. The molecule has 1 N–H and O–H groups in total. The number of hydrogen-bond acceptors (Lipinski definition) is 5. The van der Waals surface area contributed by atoms with Crippen molar-refractivity contribution in [1.29, 1.82) is 0 Å². The largest absolute Gasteiger partial charge is 0.468 e. The Morgan fingerprint density at radius 2 is 2.15 bits per heavy atom. The van der Waals surface area contributed by atoms with Crippen molar-refractivity contribution in [2.75, 3.05) is 33.3 Å². The molecule has 0 aromatic carbocycles. The molecule has 2 aliphatic rings. The fourth-order valence-corrected chi connectivity index (χ4v) is 3.98. The summed E-state index contributed by atoms with van der Waals surface area (Å²) in [5.41, 5.74) is 0.773. The van der Waals surface area contributed by atoms with Crippen molar-refractivity contribution < 1.29 is 19.1 Å². The summed E-state index contributed by atoms with van der Waals surface area (Å²) >= 11 is 0. The zero-order chi connectivity index (χ0) is 19.3. The van der Waals surface area contributed by atoms with Gasteiger partial charge in [0.15, 0.2) is 0 Å². The van der Waals surface area contributed by atoms with Gasteiger partial charge in [0.05, 0.1) is 19.3 Å². The van der Waals surface area contributed by atoms with E-state index in [-0.39, 0.29) is 23.9 Å². The fraction of sp³-hybridized carbons (Fsp3) is 0.579. The van der Waals surface area contributed by atoms with Gasteiger partial charge in [-0.05, 0) is 31.4 Å². The molecule has 2 aliphatic heterocycles. The number of piperidine rings is 2. The van der Waals surface area contributed by atoms with E-state index in [2.05, 4.69) is 15.0 Å². The van der Waals surface area contributed by atoms with Gasteiger partial charge in [-0.2, -0.15) is 0 Å². The number of amides is 3. The summed E-state index contributed by atoms with van der Waals surface area (Å²) in [7, 11) is 1.29. The van der Waals surface area contributed by atoms with Crippen LogP contribution in [0.2, 0.25) is 0 Å². The number of rotatable bonds is 4. The van der Waals surface area contributed by atoms with Crippen molar-refractivity contribution in [2.45, 2.75) is 32.2 Å². The molecule has 0 aliphatic carbocycles. The third kappa shape index (κ3) is 4.75. The number of urea groups is 1. The molecule has 27 heavy (non-hydrogen) atoms. The molecule has 0 radical (unpaired) electrons. The molecule has 8 heteroatoms. The maximum Gasteiger partial charge on any atom is 0.325 e. The second-order valence-electron chi connectivity index (χ2n) is 7.33. The van der Waals surface area contributed by atoms with Gasteiger partial charge in [0.2, 0.25) is 5.91 Å². The summed E-state index contributed by atoms with van der Waals surface area (Å²) in [6, 6.07) is 5.44. The van der Waals surface area contributed by atoms with Crippen molar-refractivity contribution in [2.24, 2.45) is 5.41 Å². The molecule has 1 aromatic heterocycles. The smallest absolute Gasteiger partial charge is 0.325 e. The van der Waals surface area contributed by atoms with Crippen LogP contribution in [0.15, 0.2) is 24.4 Å². The van der Waals surface area contributed by atoms with Crippen LogP contribution < -0.4 is 5.32 Å². The van der Waals surface area contributed by atoms with Crippen LogP contribution in [-0.2, 0) is 20.9 Å². The summed E-state index contributed by atoms with van der Waals surface area (Å²) < 4.78 is 4.56. The average Bonchev–Trinajstić information content (AvgIpc) is 2.69. The minimum Gasteiger partial charge on any atom is -0.468 e. The summed E-state index contributed by atoms with van der Waals surface area (Å²) in [5.74, 6) is -0.335. The Balaban J connectivity index is 1.63. The van der Waals surface area contributed by atoms with E-state index < -0.39 is 5.97 Å². The second kappa shape index (κ2) is 8.37. The van der Waals surface area contributed by atoms with Crippen molar-refractivity contribution >= 4 is 17.9 Å². The number of hydrogen-bond donors (Lipinski definition) is 1. The monoisotopic (exact) mass is 374 g/mol. The highest BCUT2D eigenvalue weighted by Gasteiger charge is 2.42. The van der Waals surface area contributed by atoms with Crippen LogP contribution in [0.4, 0.5) is 4.79 Å². The first-order valence-electron chi connectivity index (χ1n) is 9.29. The van der Waals surface area contributed by atoms with Gasteiger partial charge in [-0.1, -0.05) is 6.07 Å². The van der Waals surface area contributed by atoms with E-state index in [1.165, 1.54) is 7.11 Å². The fourth-order valence-electron chi connectivity index (χ4n) is 3.98. The van der Waals surface area contributed by atoms with E-state index in [1.54, 1.807) is 11.1 Å². The van der Waals surface area contributed by atoms with Crippen LogP contribution >= 0.6 is 0 Å². The molecule has 3 rings (SSSR count). The van der Waals surface area contributed by atoms with Gasteiger partial charge in [-0.15, -0.1) is 0 Å². The maximum atomic E-state index is 12.4. The number of nitrogens with one attached hydrogen (secondary N) is 1. The zero-order valence-corrected chi connectivity index (χ0v) is 15.6. The van der Waals surface area contributed by atoms with Gasteiger partial charge in [-0.25, -0.2) is 4.79 Å². The van der Waals surface area contributed by atoms with Gasteiger partial charge in [0.1, 0.15) is 6.54 Å². The highest BCUT2D eigenvalue weighted by atomic mass is 16.5. The zero-order valence-electron chi connectivity index (χ0n) is 15.6. The minimum absolute atomic E-state index is 0.0937. The number of ether oxygens (including phenoxy) is 1. The standard InChI is InChI=1S/C19H26N4O4/c1-27-17(25)11-21-18(26)22-10-4-7-19(13-22)8-6-16(24)23(14-19)12-15-5-2-3-9-20-15/h2-3,5,9H,4,6-8,10-14H2,1H3,(H,21,26). The van der Waals surface area contributed by atoms with Gasteiger partial charge in [-0.3, -0.25) is 14.6 Å². The lowest BCUT2D eigenvalue weighted by atomic mass is 9.73. The lowest BCUT2D eigenvalue weighted by Gasteiger charge is -2.48. The molecule has 1 spiro atoms. The van der Waals surface area contributed by atoms with Crippen molar-refractivity contribution in [1.82, 2.24) is 20.1 Å². The Morgan fingerprint density at radius 3 is 2.89 bits per heavy atom. The van der Waals surface area contributed by atoms with Crippen molar-refractivity contribution in [3.8, 4) is 0 Å². The molecule has 8 nitrogen and oxygen atoms in total. The van der Waals surface area contributed by atoms with E-state index in [4.69, 9.17) is 0 Å². The molecular formula is C19H26N4O4. The van der Waals surface area contributed by atoms with E-state index in [0.29, 0.717) is 32.6 Å².